The molecule has 2 N–H and O–H groups in total. The van der Waals surface area contributed by atoms with Crippen LogP contribution in [0.15, 0.2) is 52.7 Å². The molecule has 0 spiro atoms. The van der Waals surface area contributed by atoms with E-state index in [0.717, 1.165) is 36.0 Å². The van der Waals surface area contributed by atoms with E-state index in [-0.39, 0.29) is 17.9 Å². The van der Waals surface area contributed by atoms with E-state index in [9.17, 15) is 15.3 Å². The first-order valence-electron chi connectivity index (χ1n) is 9.27. The van der Waals surface area contributed by atoms with Gasteiger partial charge < -0.3 is 10.5 Å². The molecular weight excluding hydrogens is 338 g/mol. The molecular formula is C22H23N3O2. The number of ether oxygens (including phenoxy) is 1. The third kappa shape index (κ3) is 2.80. The number of hydrogen-bond acceptors (Lipinski definition) is 5. The maximum atomic E-state index is 13.1. The van der Waals surface area contributed by atoms with Gasteiger partial charge in [-0.1, -0.05) is 42.8 Å². The standard InChI is InChI=1S/C22H23N3O2/c1-3-27-21(26)22(13-24)19(15-7-5-4-6-8-15)17-11-14(2)9-10-16(17)18(12-23)20(22)25/h4-8,14,19H,3,9-11,25H2,1-2H3/t14-,19-,22+/m0/s1. The summed E-state index contributed by atoms with van der Waals surface area (Å²) in [7, 11) is 0. The summed E-state index contributed by atoms with van der Waals surface area (Å²) in [6.07, 6.45) is 2.42. The molecule has 5 heteroatoms. The van der Waals surface area contributed by atoms with Crippen molar-refractivity contribution in [3.05, 3.63) is 58.3 Å². The van der Waals surface area contributed by atoms with Crippen molar-refractivity contribution in [2.45, 2.75) is 39.0 Å². The minimum atomic E-state index is -1.72. The molecule has 0 radical (unpaired) electrons. The van der Waals surface area contributed by atoms with Crippen LogP contribution in [0.3, 0.4) is 0 Å². The Labute approximate surface area is 159 Å². The summed E-state index contributed by atoms with van der Waals surface area (Å²) >= 11 is 0. The third-order valence-electron chi connectivity index (χ3n) is 5.64. The normalized spacial score (nSPS) is 27.4. The molecule has 0 saturated heterocycles. The fourth-order valence-electron chi connectivity index (χ4n) is 4.37. The number of nitrogens with two attached hydrogens (primary N) is 1. The van der Waals surface area contributed by atoms with E-state index in [1.807, 2.05) is 30.3 Å². The summed E-state index contributed by atoms with van der Waals surface area (Å²) in [5, 5.41) is 20.0. The summed E-state index contributed by atoms with van der Waals surface area (Å²) < 4.78 is 5.29. The van der Waals surface area contributed by atoms with Crippen molar-refractivity contribution in [2.75, 3.05) is 6.61 Å². The molecule has 5 nitrogen and oxygen atoms in total. The number of hydrogen-bond donors (Lipinski definition) is 1. The second-order valence-corrected chi connectivity index (χ2v) is 7.24. The predicted molar refractivity (Wildman–Crippen MR) is 101 cm³/mol. The Balaban J connectivity index is 2.35. The molecule has 0 fully saturated rings. The van der Waals surface area contributed by atoms with Gasteiger partial charge in [0.2, 0.25) is 5.41 Å². The Hall–Kier alpha value is -3.05. The largest absolute Gasteiger partial charge is 0.464 e. The van der Waals surface area contributed by atoms with Crippen molar-refractivity contribution in [3.63, 3.8) is 0 Å². The summed E-state index contributed by atoms with van der Waals surface area (Å²) in [5.41, 5.74) is 7.67. The lowest BCUT2D eigenvalue weighted by atomic mass is 9.58. The molecule has 0 aliphatic heterocycles. The van der Waals surface area contributed by atoms with Gasteiger partial charge >= 0.3 is 5.97 Å². The van der Waals surface area contributed by atoms with E-state index < -0.39 is 17.3 Å². The Morgan fingerprint density at radius 3 is 2.63 bits per heavy atom. The van der Waals surface area contributed by atoms with Crippen LogP contribution >= 0.6 is 0 Å². The van der Waals surface area contributed by atoms with Crippen molar-refractivity contribution in [1.29, 1.82) is 10.5 Å². The zero-order chi connectivity index (χ0) is 19.6. The van der Waals surface area contributed by atoms with E-state index >= 15 is 0 Å². The van der Waals surface area contributed by atoms with Crippen molar-refractivity contribution in [2.24, 2.45) is 17.1 Å². The smallest absolute Gasteiger partial charge is 0.333 e. The molecule has 27 heavy (non-hydrogen) atoms. The highest BCUT2D eigenvalue weighted by Crippen LogP contribution is 2.55. The zero-order valence-corrected chi connectivity index (χ0v) is 15.7. The molecule has 138 valence electrons. The molecule has 2 aliphatic rings. The first-order chi connectivity index (χ1) is 13.0. The van der Waals surface area contributed by atoms with E-state index in [4.69, 9.17) is 10.5 Å². The van der Waals surface area contributed by atoms with Gasteiger partial charge in [-0.3, -0.25) is 0 Å². The molecule has 3 rings (SSSR count). The number of allylic oxidation sites excluding steroid dienone is 3. The van der Waals surface area contributed by atoms with E-state index in [1.54, 1.807) is 6.92 Å². The molecule has 1 aromatic carbocycles. The van der Waals surface area contributed by atoms with Gasteiger partial charge in [-0.05, 0) is 43.2 Å². The van der Waals surface area contributed by atoms with Crippen LogP contribution in [0.4, 0.5) is 0 Å². The fourth-order valence-corrected chi connectivity index (χ4v) is 4.37. The van der Waals surface area contributed by atoms with Gasteiger partial charge in [-0.2, -0.15) is 10.5 Å². The van der Waals surface area contributed by atoms with Crippen molar-refractivity contribution < 1.29 is 9.53 Å². The molecule has 3 atom stereocenters. The maximum Gasteiger partial charge on any atom is 0.333 e. The Kier molecular flexibility index (Phi) is 5.06. The average molecular weight is 361 g/mol. The Morgan fingerprint density at radius 1 is 1.33 bits per heavy atom. The van der Waals surface area contributed by atoms with Crippen molar-refractivity contribution in [1.82, 2.24) is 0 Å². The lowest BCUT2D eigenvalue weighted by Gasteiger charge is -2.43. The van der Waals surface area contributed by atoms with Gasteiger partial charge in [0.05, 0.1) is 23.9 Å². The quantitative estimate of drug-likeness (QED) is 0.827. The van der Waals surface area contributed by atoms with Crippen LogP contribution < -0.4 is 5.73 Å². The van der Waals surface area contributed by atoms with Crippen LogP contribution in [0, 0.1) is 34.0 Å². The molecule has 0 saturated carbocycles. The third-order valence-corrected chi connectivity index (χ3v) is 5.64. The van der Waals surface area contributed by atoms with Crippen LogP contribution in [0.25, 0.3) is 0 Å². The van der Waals surface area contributed by atoms with Crippen molar-refractivity contribution >= 4 is 5.97 Å². The number of rotatable bonds is 3. The Morgan fingerprint density at radius 2 is 2.04 bits per heavy atom. The van der Waals surface area contributed by atoms with Gasteiger partial charge in [0.15, 0.2) is 0 Å². The van der Waals surface area contributed by atoms with Gasteiger partial charge in [0, 0.05) is 5.92 Å². The second kappa shape index (κ2) is 7.29. The van der Waals surface area contributed by atoms with Gasteiger partial charge in [0.25, 0.3) is 0 Å². The maximum absolute atomic E-state index is 13.1. The molecule has 0 bridgehead atoms. The zero-order valence-electron chi connectivity index (χ0n) is 15.7. The lowest BCUT2D eigenvalue weighted by Crippen LogP contribution is -2.46. The number of esters is 1. The van der Waals surface area contributed by atoms with Crippen LogP contribution in [0.5, 0.6) is 0 Å². The lowest BCUT2D eigenvalue weighted by molar-refractivity contribution is -0.151. The number of carbonyl (C=O) groups is 1. The van der Waals surface area contributed by atoms with Crippen molar-refractivity contribution in [3.8, 4) is 12.1 Å². The number of benzene rings is 1. The number of carbonyl (C=O) groups excluding carboxylic acids is 1. The van der Waals surface area contributed by atoms with Gasteiger partial charge in [-0.15, -0.1) is 0 Å². The molecule has 2 aliphatic carbocycles. The molecule has 0 aromatic heterocycles. The van der Waals surface area contributed by atoms with E-state index in [0.29, 0.717) is 5.92 Å². The molecule has 1 aromatic rings. The highest BCUT2D eigenvalue weighted by Gasteiger charge is 2.56. The topological polar surface area (TPSA) is 99.9 Å². The summed E-state index contributed by atoms with van der Waals surface area (Å²) in [6, 6.07) is 13.8. The summed E-state index contributed by atoms with van der Waals surface area (Å²) in [4.78, 5) is 13.1. The minimum absolute atomic E-state index is 0.0214. The van der Waals surface area contributed by atoms with Crippen LogP contribution in [0.1, 0.15) is 44.6 Å². The average Bonchev–Trinajstić information content (AvgIpc) is 2.68. The SMILES string of the molecule is CCOC(=O)[C@@]1(C#N)C(N)=C(C#N)C2=C(C[C@@H](C)CC2)[C@@H]1c1ccccc1. The number of nitriles is 2. The summed E-state index contributed by atoms with van der Waals surface area (Å²) in [5.74, 6) is -0.818. The van der Waals surface area contributed by atoms with Crippen LogP contribution in [-0.4, -0.2) is 12.6 Å². The first-order valence-corrected chi connectivity index (χ1v) is 9.27. The fraction of sp³-hybridized carbons (Fsp3) is 0.409. The highest BCUT2D eigenvalue weighted by molar-refractivity contribution is 5.88. The van der Waals surface area contributed by atoms with Crippen LogP contribution in [0.2, 0.25) is 0 Å². The first kappa shape index (κ1) is 18.7. The Bertz CT molecular complexity index is 902. The summed E-state index contributed by atoms with van der Waals surface area (Å²) in [6.45, 7) is 3.99. The van der Waals surface area contributed by atoms with E-state index in [2.05, 4.69) is 19.1 Å². The second-order valence-electron chi connectivity index (χ2n) is 7.24. The molecule has 0 heterocycles. The molecule has 0 amide bonds. The van der Waals surface area contributed by atoms with Gasteiger partial charge in [-0.25, -0.2) is 4.79 Å². The van der Waals surface area contributed by atoms with Crippen LogP contribution in [-0.2, 0) is 9.53 Å². The predicted octanol–water partition coefficient (Wildman–Crippen LogP) is 3.71. The monoisotopic (exact) mass is 361 g/mol. The van der Waals surface area contributed by atoms with Gasteiger partial charge in [0.1, 0.15) is 6.07 Å². The number of nitrogens with zero attached hydrogens (tertiary/aromatic N) is 2. The van der Waals surface area contributed by atoms with E-state index in [1.165, 1.54) is 0 Å². The minimum Gasteiger partial charge on any atom is -0.464 e. The molecule has 0 unspecified atom stereocenters. The highest BCUT2D eigenvalue weighted by atomic mass is 16.5.